The molecule has 2 aromatic rings. The number of benzene rings is 1. The van der Waals surface area contributed by atoms with Gasteiger partial charge in [-0.05, 0) is 36.6 Å². The summed E-state index contributed by atoms with van der Waals surface area (Å²) >= 11 is 0. The molecule has 1 fully saturated rings. The first-order valence-electron chi connectivity index (χ1n) is 8.35. The summed E-state index contributed by atoms with van der Waals surface area (Å²) in [6, 6.07) is 14.1. The van der Waals surface area contributed by atoms with Crippen molar-refractivity contribution in [3.63, 3.8) is 0 Å². The van der Waals surface area contributed by atoms with E-state index in [0.717, 1.165) is 25.3 Å². The Hall–Kier alpha value is -2.56. The predicted molar refractivity (Wildman–Crippen MR) is 97.7 cm³/mol. The summed E-state index contributed by atoms with van der Waals surface area (Å²) in [6.45, 7) is 2.74. The number of para-hydroxylation sites is 1. The predicted octanol–water partition coefficient (Wildman–Crippen LogP) is 2.40. The van der Waals surface area contributed by atoms with Crippen LogP contribution in [0.25, 0.3) is 0 Å². The molecule has 3 rings (SSSR count). The first-order chi connectivity index (χ1) is 11.6. The fourth-order valence-electron chi connectivity index (χ4n) is 3.00. The van der Waals surface area contributed by atoms with Crippen molar-refractivity contribution in [2.75, 3.05) is 43.5 Å². The second-order valence-corrected chi connectivity index (χ2v) is 6.45. The highest BCUT2D eigenvalue weighted by Crippen LogP contribution is 2.23. The van der Waals surface area contributed by atoms with E-state index in [1.807, 2.05) is 37.2 Å². The summed E-state index contributed by atoms with van der Waals surface area (Å²) in [5.41, 5.74) is 1.87. The largest absolute Gasteiger partial charge is 0.371 e. The highest BCUT2D eigenvalue weighted by atomic mass is 16.1. The summed E-state index contributed by atoms with van der Waals surface area (Å²) in [5, 5.41) is 3.04. The Balaban J connectivity index is 1.50. The molecule has 1 N–H and O–H groups in total. The van der Waals surface area contributed by atoms with Gasteiger partial charge in [0.05, 0.1) is 5.56 Å². The maximum Gasteiger partial charge on any atom is 0.252 e. The molecule has 126 valence electrons. The van der Waals surface area contributed by atoms with Crippen LogP contribution in [0.1, 0.15) is 16.8 Å². The molecule has 0 unspecified atom stereocenters. The van der Waals surface area contributed by atoms with Crippen LogP contribution in [-0.2, 0) is 0 Å². The maximum absolute atomic E-state index is 12.3. The molecular weight excluding hydrogens is 300 g/mol. The quantitative estimate of drug-likeness (QED) is 0.917. The van der Waals surface area contributed by atoms with Crippen LogP contribution in [0.4, 0.5) is 11.5 Å². The van der Waals surface area contributed by atoms with Crippen LogP contribution in [0.3, 0.4) is 0 Å². The molecular formula is C19H24N4O. The number of nitrogens with one attached hydrogen (secondary N) is 1. The van der Waals surface area contributed by atoms with Gasteiger partial charge in [-0.3, -0.25) is 4.79 Å². The van der Waals surface area contributed by atoms with Gasteiger partial charge in [-0.2, -0.15) is 0 Å². The second-order valence-electron chi connectivity index (χ2n) is 6.45. The van der Waals surface area contributed by atoms with E-state index in [4.69, 9.17) is 0 Å². The summed E-state index contributed by atoms with van der Waals surface area (Å²) < 4.78 is 0. The van der Waals surface area contributed by atoms with Gasteiger partial charge in [0.2, 0.25) is 0 Å². The monoisotopic (exact) mass is 324 g/mol. The van der Waals surface area contributed by atoms with Crippen molar-refractivity contribution in [1.29, 1.82) is 0 Å². The van der Waals surface area contributed by atoms with E-state index in [1.54, 1.807) is 6.20 Å². The number of anilines is 2. The third-order valence-electron chi connectivity index (χ3n) is 4.43. The average molecular weight is 324 g/mol. The Morgan fingerprint density at radius 1 is 1.25 bits per heavy atom. The van der Waals surface area contributed by atoms with E-state index in [-0.39, 0.29) is 5.91 Å². The Morgan fingerprint density at radius 3 is 2.71 bits per heavy atom. The molecule has 1 aliphatic heterocycles. The Kier molecular flexibility index (Phi) is 4.99. The fourth-order valence-corrected chi connectivity index (χ4v) is 3.00. The SMILES string of the molecule is CN(C)c1ccc(C(=O)NC[C@H]2CCN(c3ccccc3)C2)cn1. The van der Waals surface area contributed by atoms with Gasteiger partial charge in [0.1, 0.15) is 5.82 Å². The second kappa shape index (κ2) is 7.34. The van der Waals surface area contributed by atoms with E-state index in [9.17, 15) is 4.79 Å². The number of pyridine rings is 1. The standard InChI is InChI=1S/C19H24N4O/c1-22(2)18-9-8-16(13-20-18)19(24)21-12-15-10-11-23(14-15)17-6-4-3-5-7-17/h3-9,13,15H,10-12,14H2,1-2H3,(H,21,24)/t15-/m1/s1. The third kappa shape index (κ3) is 3.85. The van der Waals surface area contributed by atoms with E-state index in [0.29, 0.717) is 18.0 Å². The lowest BCUT2D eigenvalue weighted by molar-refractivity contribution is 0.0948. The smallest absolute Gasteiger partial charge is 0.252 e. The van der Waals surface area contributed by atoms with Gasteiger partial charge in [-0.25, -0.2) is 4.98 Å². The zero-order valence-electron chi connectivity index (χ0n) is 14.3. The zero-order valence-corrected chi connectivity index (χ0v) is 14.3. The number of rotatable bonds is 5. The minimum absolute atomic E-state index is 0.0500. The van der Waals surface area contributed by atoms with E-state index < -0.39 is 0 Å². The maximum atomic E-state index is 12.3. The van der Waals surface area contributed by atoms with Crippen molar-refractivity contribution >= 4 is 17.4 Å². The molecule has 1 aliphatic rings. The molecule has 0 aliphatic carbocycles. The van der Waals surface area contributed by atoms with E-state index in [1.165, 1.54) is 5.69 Å². The summed E-state index contributed by atoms with van der Waals surface area (Å²) in [6.07, 6.45) is 2.74. The summed E-state index contributed by atoms with van der Waals surface area (Å²) in [5.74, 6) is 1.29. The van der Waals surface area contributed by atoms with Crippen LogP contribution in [0, 0.1) is 5.92 Å². The molecule has 0 radical (unpaired) electrons. The lowest BCUT2D eigenvalue weighted by Crippen LogP contribution is -2.31. The lowest BCUT2D eigenvalue weighted by atomic mass is 10.1. The zero-order chi connectivity index (χ0) is 16.9. The minimum Gasteiger partial charge on any atom is -0.371 e. The number of amides is 1. The van der Waals surface area contributed by atoms with Gasteiger partial charge in [-0.1, -0.05) is 18.2 Å². The lowest BCUT2D eigenvalue weighted by Gasteiger charge is -2.18. The van der Waals surface area contributed by atoms with Gasteiger partial charge in [0.25, 0.3) is 5.91 Å². The molecule has 0 saturated carbocycles. The third-order valence-corrected chi connectivity index (χ3v) is 4.43. The molecule has 5 nitrogen and oxygen atoms in total. The first-order valence-corrected chi connectivity index (χ1v) is 8.35. The van der Waals surface area contributed by atoms with Gasteiger partial charge in [0, 0.05) is 45.6 Å². The molecule has 1 aromatic heterocycles. The molecule has 1 aromatic carbocycles. The highest BCUT2D eigenvalue weighted by Gasteiger charge is 2.23. The van der Waals surface area contributed by atoms with Crippen LogP contribution < -0.4 is 15.1 Å². The topological polar surface area (TPSA) is 48.5 Å². The molecule has 1 saturated heterocycles. The van der Waals surface area contributed by atoms with Crippen molar-refractivity contribution in [1.82, 2.24) is 10.3 Å². The van der Waals surface area contributed by atoms with Gasteiger partial charge < -0.3 is 15.1 Å². The molecule has 5 heteroatoms. The first kappa shape index (κ1) is 16.3. The molecule has 2 heterocycles. The van der Waals surface area contributed by atoms with E-state index in [2.05, 4.69) is 39.5 Å². The number of hydrogen-bond donors (Lipinski definition) is 1. The van der Waals surface area contributed by atoms with Crippen LogP contribution in [-0.4, -0.2) is 44.6 Å². The van der Waals surface area contributed by atoms with Crippen molar-refractivity contribution in [3.8, 4) is 0 Å². The van der Waals surface area contributed by atoms with Gasteiger partial charge in [-0.15, -0.1) is 0 Å². The normalized spacial score (nSPS) is 16.9. The molecule has 1 amide bonds. The van der Waals surface area contributed by atoms with Crippen LogP contribution >= 0.6 is 0 Å². The Morgan fingerprint density at radius 2 is 2.04 bits per heavy atom. The van der Waals surface area contributed by atoms with Crippen molar-refractivity contribution in [3.05, 3.63) is 54.2 Å². The number of carbonyl (C=O) groups excluding carboxylic acids is 1. The minimum atomic E-state index is -0.0500. The average Bonchev–Trinajstić information content (AvgIpc) is 3.09. The van der Waals surface area contributed by atoms with Crippen molar-refractivity contribution in [2.24, 2.45) is 5.92 Å². The molecule has 1 atom stereocenters. The van der Waals surface area contributed by atoms with Gasteiger partial charge in [0.15, 0.2) is 0 Å². The number of hydrogen-bond acceptors (Lipinski definition) is 4. The number of aromatic nitrogens is 1. The number of carbonyl (C=O) groups is 1. The van der Waals surface area contributed by atoms with Crippen LogP contribution in [0.2, 0.25) is 0 Å². The molecule has 0 bridgehead atoms. The number of nitrogens with zero attached hydrogens (tertiary/aromatic N) is 3. The van der Waals surface area contributed by atoms with Crippen LogP contribution in [0.15, 0.2) is 48.7 Å². The summed E-state index contributed by atoms with van der Waals surface area (Å²) in [7, 11) is 3.86. The Labute approximate surface area is 143 Å². The van der Waals surface area contributed by atoms with Crippen molar-refractivity contribution in [2.45, 2.75) is 6.42 Å². The Bertz CT molecular complexity index is 670. The highest BCUT2D eigenvalue weighted by molar-refractivity contribution is 5.94. The molecule has 0 spiro atoms. The summed E-state index contributed by atoms with van der Waals surface area (Å²) in [4.78, 5) is 20.8. The van der Waals surface area contributed by atoms with Gasteiger partial charge >= 0.3 is 0 Å². The molecule has 24 heavy (non-hydrogen) atoms. The van der Waals surface area contributed by atoms with Crippen LogP contribution in [0.5, 0.6) is 0 Å². The van der Waals surface area contributed by atoms with Crippen molar-refractivity contribution < 1.29 is 4.79 Å². The fraction of sp³-hybridized carbons (Fsp3) is 0.368. The van der Waals surface area contributed by atoms with E-state index >= 15 is 0 Å².